The molecule has 1 amide bonds. The van der Waals surface area contributed by atoms with E-state index in [0.717, 1.165) is 43.0 Å². The highest BCUT2D eigenvalue weighted by Gasteiger charge is 2.22. The van der Waals surface area contributed by atoms with Crippen LogP contribution in [0.1, 0.15) is 62.4 Å². The molecule has 1 fully saturated rings. The molecule has 0 spiro atoms. The first-order valence-corrected chi connectivity index (χ1v) is 11.2. The second-order valence-electron chi connectivity index (χ2n) is 8.27. The third kappa shape index (κ3) is 3.89. The number of rotatable bonds is 6. The lowest BCUT2D eigenvalue weighted by Crippen LogP contribution is -2.38. The van der Waals surface area contributed by atoms with Gasteiger partial charge in [-0.2, -0.15) is 0 Å². The van der Waals surface area contributed by atoms with Crippen molar-refractivity contribution in [3.63, 3.8) is 0 Å². The lowest BCUT2D eigenvalue weighted by Gasteiger charge is -2.19. The van der Waals surface area contributed by atoms with Crippen LogP contribution in [0.3, 0.4) is 0 Å². The summed E-state index contributed by atoms with van der Waals surface area (Å²) < 4.78 is 14.4. The predicted octanol–water partition coefficient (Wildman–Crippen LogP) is 4.13. The van der Waals surface area contributed by atoms with E-state index in [1.165, 1.54) is 12.8 Å². The minimum atomic E-state index is -0.192. The number of aromatic nitrogens is 2. The van der Waals surface area contributed by atoms with E-state index >= 15 is 0 Å². The zero-order valence-electron chi connectivity index (χ0n) is 18.6. The van der Waals surface area contributed by atoms with Gasteiger partial charge in [0.2, 0.25) is 0 Å². The van der Waals surface area contributed by atoms with Crippen LogP contribution in [0.15, 0.2) is 29.2 Å². The van der Waals surface area contributed by atoms with Gasteiger partial charge in [-0.05, 0) is 37.5 Å². The van der Waals surface area contributed by atoms with Crippen molar-refractivity contribution in [3.8, 4) is 11.5 Å². The Morgan fingerprint density at radius 3 is 2.42 bits per heavy atom. The maximum Gasteiger partial charge on any atom is 0.275 e. The Hall–Kier alpha value is -2.96. The summed E-state index contributed by atoms with van der Waals surface area (Å²) in [6, 6.07) is 5.62. The summed E-state index contributed by atoms with van der Waals surface area (Å²) in [5.41, 5.74) is 1.42. The fraction of sp³-hybridized carbons (Fsp3) is 0.500. The van der Waals surface area contributed by atoms with E-state index in [2.05, 4.69) is 5.32 Å². The highest BCUT2D eigenvalue weighted by atomic mass is 16.5. The van der Waals surface area contributed by atoms with Crippen molar-refractivity contribution < 1.29 is 14.3 Å². The summed E-state index contributed by atoms with van der Waals surface area (Å²) in [5, 5.41) is 3.97. The van der Waals surface area contributed by atoms with Gasteiger partial charge < -0.3 is 23.8 Å². The Balaban J connectivity index is 1.89. The number of hydrogen-bond donors (Lipinski definition) is 1. The molecule has 1 aliphatic carbocycles. The number of hydrogen-bond acceptors (Lipinski definition) is 4. The van der Waals surface area contributed by atoms with E-state index in [9.17, 15) is 9.59 Å². The van der Waals surface area contributed by atoms with E-state index in [1.54, 1.807) is 29.4 Å². The van der Waals surface area contributed by atoms with Crippen LogP contribution in [0, 0.1) is 0 Å². The quantitative estimate of drug-likeness (QED) is 0.603. The summed E-state index contributed by atoms with van der Waals surface area (Å²) in [4.78, 5) is 26.8. The van der Waals surface area contributed by atoms with Gasteiger partial charge in [-0.1, -0.05) is 32.6 Å². The van der Waals surface area contributed by atoms with Gasteiger partial charge in [-0.3, -0.25) is 9.59 Å². The van der Waals surface area contributed by atoms with Gasteiger partial charge in [0, 0.05) is 24.2 Å². The minimum absolute atomic E-state index is 0.159. The largest absolute Gasteiger partial charge is 0.496 e. The summed E-state index contributed by atoms with van der Waals surface area (Å²) in [7, 11) is 3.20. The topological polar surface area (TPSA) is 74.0 Å². The number of fused-ring (bicyclic) bond motifs is 3. The number of methoxy groups -OCH3 is 2. The second kappa shape index (κ2) is 9.04. The summed E-state index contributed by atoms with van der Waals surface area (Å²) in [6.07, 6.45) is 9.20. The first-order valence-electron chi connectivity index (χ1n) is 11.2. The van der Waals surface area contributed by atoms with Crippen molar-refractivity contribution in [2.24, 2.45) is 0 Å². The van der Waals surface area contributed by atoms with E-state index in [4.69, 9.17) is 9.47 Å². The summed E-state index contributed by atoms with van der Waals surface area (Å²) in [5.74, 6) is 1.09. The number of ether oxygens (including phenoxy) is 2. The molecule has 0 atom stereocenters. The van der Waals surface area contributed by atoms with Crippen molar-refractivity contribution in [3.05, 3.63) is 40.4 Å². The number of carbonyl (C=O) groups is 1. The van der Waals surface area contributed by atoms with Crippen LogP contribution in [0.2, 0.25) is 0 Å². The smallest absolute Gasteiger partial charge is 0.275 e. The van der Waals surface area contributed by atoms with Crippen LogP contribution >= 0.6 is 0 Å². The van der Waals surface area contributed by atoms with Gasteiger partial charge in [0.15, 0.2) is 0 Å². The molecule has 0 bridgehead atoms. The van der Waals surface area contributed by atoms with Crippen LogP contribution < -0.4 is 20.3 Å². The van der Waals surface area contributed by atoms with Crippen LogP contribution in [-0.2, 0) is 6.54 Å². The number of nitrogens with zero attached hydrogens (tertiary/aromatic N) is 2. The lowest BCUT2D eigenvalue weighted by atomic mass is 10.1. The normalized spacial score (nSPS) is 15.2. The molecule has 166 valence electrons. The Morgan fingerprint density at radius 2 is 1.77 bits per heavy atom. The Kier molecular flexibility index (Phi) is 6.20. The zero-order valence-corrected chi connectivity index (χ0v) is 18.6. The van der Waals surface area contributed by atoms with E-state index in [1.807, 2.05) is 25.1 Å². The van der Waals surface area contributed by atoms with Gasteiger partial charge in [-0.15, -0.1) is 0 Å². The SMILES string of the molecule is CCCn1c(C(=O)NC2CCCCCC2)cn2c(cc3c(OC)ccc(OC)c32)c1=O. The maximum absolute atomic E-state index is 13.4. The maximum atomic E-state index is 13.4. The van der Waals surface area contributed by atoms with Gasteiger partial charge in [0.25, 0.3) is 11.5 Å². The fourth-order valence-corrected chi connectivity index (χ4v) is 4.68. The monoisotopic (exact) mass is 425 g/mol. The molecule has 1 N–H and O–H groups in total. The molecule has 31 heavy (non-hydrogen) atoms. The molecular weight excluding hydrogens is 394 g/mol. The average Bonchev–Trinajstić information content (AvgIpc) is 2.97. The average molecular weight is 426 g/mol. The molecule has 0 unspecified atom stereocenters. The Labute approximate surface area is 181 Å². The van der Waals surface area contributed by atoms with Crippen LogP contribution in [-0.4, -0.2) is 35.1 Å². The van der Waals surface area contributed by atoms with Gasteiger partial charge in [0.1, 0.15) is 22.7 Å². The third-order valence-corrected chi connectivity index (χ3v) is 6.24. The van der Waals surface area contributed by atoms with Crippen LogP contribution in [0.4, 0.5) is 0 Å². The molecule has 7 nitrogen and oxygen atoms in total. The van der Waals surface area contributed by atoms with Gasteiger partial charge >= 0.3 is 0 Å². The number of benzene rings is 1. The van der Waals surface area contributed by atoms with Crippen molar-refractivity contribution in [1.29, 1.82) is 0 Å². The Bertz CT molecular complexity index is 1150. The second-order valence-corrected chi connectivity index (χ2v) is 8.27. The number of amides is 1. The van der Waals surface area contributed by atoms with Crippen molar-refractivity contribution >= 4 is 22.3 Å². The van der Waals surface area contributed by atoms with E-state index < -0.39 is 0 Å². The van der Waals surface area contributed by atoms with Crippen molar-refractivity contribution in [2.75, 3.05) is 14.2 Å². The Morgan fingerprint density at radius 1 is 1.10 bits per heavy atom. The predicted molar refractivity (Wildman–Crippen MR) is 122 cm³/mol. The summed E-state index contributed by atoms with van der Waals surface area (Å²) in [6.45, 7) is 2.49. The number of nitrogens with one attached hydrogen (secondary N) is 1. The molecule has 2 heterocycles. The summed E-state index contributed by atoms with van der Waals surface area (Å²) >= 11 is 0. The molecule has 1 aliphatic rings. The first kappa shape index (κ1) is 21.3. The molecule has 4 rings (SSSR count). The minimum Gasteiger partial charge on any atom is -0.496 e. The number of carbonyl (C=O) groups excluding carboxylic acids is 1. The van der Waals surface area contributed by atoms with Gasteiger partial charge in [0.05, 0.1) is 19.7 Å². The van der Waals surface area contributed by atoms with E-state index in [0.29, 0.717) is 29.3 Å². The molecule has 0 radical (unpaired) electrons. The van der Waals surface area contributed by atoms with Gasteiger partial charge in [-0.25, -0.2) is 0 Å². The first-order chi connectivity index (χ1) is 15.1. The highest BCUT2D eigenvalue weighted by Crippen LogP contribution is 2.35. The van der Waals surface area contributed by atoms with E-state index in [-0.39, 0.29) is 17.5 Å². The standard InChI is InChI=1S/C24H31N3O4/c1-4-13-26-19(23(28)25-16-9-7-5-6-8-10-16)15-27-18(24(26)29)14-17-20(30-2)11-12-21(31-3)22(17)27/h11-12,14-16H,4-10,13H2,1-3H3,(H,25,28). The molecule has 1 saturated carbocycles. The molecule has 0 aliphatic heterocycles. The third-order valence-electron chi connectivity index (χ3n) is 6.24. The molecule has 2 aromatic heterocycles. The lowest BCUT2D eigenvalue weighted by molar-refractivity contribution is 0.0922. The van der Waals surface area contributed by atoms with Crippen molar-refractivity contribution in [2.45, 2.75) is 64.5 Å². The molecular formula is C24H31N3O4. The highest BCUT2D eigenvalue weighted by molar-refractivity contribution is 5.98. The van der Waals surface area contributed by atoms with Crippen LogP contribution in [0.5, 0.6) is 11.5 Å². The molecule has 1 aromatic carbocycles. The molecule has 0 saturated heterocycles. The fourth-order valence-electron chi connectivity index (χ4n) is 4.68. The van der Waals surface area contributed by atoms with Crippen LogP contribution in [0.25, 0.3) is 16.4 Å². The zero-order chi connectivity index (χ0) is 22.0. The van der Waals surface area contributed by atoms with Crippen molar-refractivity contribution in [1.82, 2.24) is 14.3 Å². The molecule has 7 heteroatoms. The molecule has 3 aromatic rings.